The van der Waals surface area contributed by atoms with Crippen LogP contribution >= 0.6 is 0 Å². The summed E-state index contributed by atoms with van der Waals surface area (Å²) in [7, 11) is 0. The number of hydrogen-bond donors (Lipinski definition) is 4. The second-order valence-electron chi connectivity index (χ2n) is 5.73. The third kappa shape index (κ3) is 2.53. The minimum absolute atomic E-state index is 0.0138. The monoisotopic (exact) mass is 278 g/mol. The normalized spacial score (nSPS) is 24.1. The average Bonchev–Trinajstić information content (AvgIpc) is 2.36. The molecule has 4 N–H and O–H groups in total. The smallest absolute Gasteiger partial charge is 0.326 e. The summed E-state index contributed by atoms with van der Waals surface area (Å²) >= 11 is 0. The first-order valence-electron chi connectivity index (χ1n) is 6.96. The lowest BCUT2D eigenvalue weighted by Gasteiger charge is -2.48. The molecule has 1 unspecified atom stereocenters. The van der Waals surface area contributed by atoms with Crippen molar-refractivity contribution < 1.29 is 4.79 Å². The number of H-pyrrole nitrogens is 2. The summed E-state index contributed by atoms with van der Waals surface area (Å²) in [5.41, 5.74) is -1.03. The minimum atomic E-state index is -0.663. The molecule has 2 fully saturated rings. The molecule has 1 aromatic heterocycles. The van der Waals surface area contributed by atoms with Crippen molar-refractivity contribution in [3.05, 3.63) is 32.6 Å². The van der Waals surface area contributed by atoms with Gasteiger partial charge in [0.1, 0.15) is 5.69 Å². The topological polar surface area (TPSA) is 107 Å². The van der Waals surface area contributed by atoms with Gasteiger partial charge in [-0.05, 0) is 38.6 Å². The van der Waals surface area contributed by atoms with Crippen LogP contribution in [0.1, 0.15) is 42.6 Å². The van der Waals surface area contributed by atoms with Gasteiger partial charge < -0.3 is 15.6 Å². The van der Waals surface area contributed by atoms with Gasteiger partial charge in [0.25, 0.3) is 11.5 Å². The number of aromatic nitrogens is 2. The summed E-state index contributed by atoms with van der Waals surface area (Å²) in [5, 5.41) is 6.44. The van der Waals surface area contributed by atoms with Gasteiger partial charge in [-0.2, -0.15) is 0 Å². The Labute approximate surface area is 115 Å². The van der Waals surface area contributed by atoms with E-state index in [1.165, 1.54) is 6.42 Å². The lowest BCUT2D eigenvalue weighted by Crippen LogP contribution is -2.59. The maximum atomic E-state index is 12.1. The maximum absolute atomic E-state index is 12.1. The summed E-state index contributed by atoms with van der Waals surface area (Å²) in [6.45, 7) is 0.886. The first-order valence-corrected chi connectivity index (χ1v) is 6.96. The first-order chi connectivity index (χ1) is 9.56. The molecule has 1 aliphatic heterocycles. The molecule has 1 spiro atoms. The maximum Gasteiger partial charge on any atom is 0.326 e. The van der Waals surface area contributed by atoms with Crippen molar-refractivity contribution in [2.75, 3.05) is 6.54 Å². The van der Waals surface area contributed by atoms with Crippen LogP contribution in [0.3, 0.4) is 0 Å². The quantitative estimate of drug-likeness (QED) is 0.583. The van der Waals surface area contributed by atoms with Crippen molar-refractivity contribution in [1.82, 2.24) is 20.6 Å². The van der Waals surface area contributed by atoms with Gasteiger partial charge in [0.2, 0.25) is 0 Å². The van der Waals surface area contributed by atoms with E-state index in [4.69, 9.17) is 0 Å². The Balaban J connectivity index is 1.69. The lowest BCUT2D eigenvalue weighted by atomic mass is 9.70. The highest BCUT2D eigenvalue weighted by Gasteiger charge is 2.41. The van der Waals surface area contributed by atoms with Gasteiger partial charge in [0, 0.05) is 17.6 Å². The van der Waals surface area contributed by atoms with E-state index in [9.17, 15) is 14.4 Å². The molecular formula is C13H18N4O3. The molecule has 20 heavy (non-hydrogen) atoms. The zero-order valence-electron chi connectivity index (χ0n) is 11.1. The molecule has 0 radical (unpaired) electrons. The highest BCUT2D eigenvalue weighted by atomic mass is 16.2. The molecule has 1 atom stereocenters. The molecule has 0 aromatic carbocycles. The predicted molar refractivity (Wildman–Crippen MR) is 72.8 cm³/mol. The Morgan fingerprint density at radius 3 is 2.75 bits per heavy atom. The van der Waals surface area contributed by atoms with E-state index in [2.05, 4.69) is 15.6 Å². The minimum Gasteiger partial charge on any atom is -0.348 e. The zero-order chi connectivity index (χ0) is 14.2. The number of carbonyl (C=O) groups is 1. The van der Waals surface area contributed by atoms with Crippen LogP contribution in [0.4, 0.5) is 0 Å². The highest BCUT2D eigenvalue weighted by molar-refractivity contribution is 5.92. The summed E-state index contributed by atoms with van der Waals surface area (Å²) < 4.78 is 0. The van der Waals surface area contributed by atoms with Crippen LogP contribution in [0.25, 0.3) is 0 Å². The van der Waals surface area contributed by atoms with E-state index >= 15 is 0 Å². The molecule has 108 valence electrons. The number of piperidine rings is 1. The van der Waals surface area contributed by atoms with Crippen molar-refractivity contribution >= 4 is 5.91 Å². The van der Waals surface area contributed by atoms with Gasteiger partial charge in [0.15, 0.2) is 0 Å². The fourth-order valence-corrected chi connectivity index (χ4v) is 3.12. The molecule has 1 saturated carbocycles. The molecule has 0 bridgehead atoms. The molecule has 1 saturated heterocycles. The van der Waals surface area contributed by atoms with E-state index in [1.54, 1.807) is 0 Å². The van der Waals surface area contributed by atoms with Crippen LogP contribution in [-0.4, -0.2) is 34.0 Å². The number of carbonyl (C=O) groups excluding carboxylic acids is 1. The molecule has 3 rings (SSSR count). The van der Waals surface area contributed by atoms with E-state index in [0.717, 1.165) is 38.3 Å². The van der Waals surface area contributed by atoms with Crippen LogP contribution in [0.15, 0.2) is 15.7 Å². The van der Waals surface area contributed by atoms with Gasteiger partial charge in [-0.15, -0.1) is 0 Å². The Hall–Kier alpha value is -1.89. The number of nitrogens with one attached hydrogen (secondary N) is 4. The van der Waals surface area contributed by atoms with Crippen LogP contribution in [-0.2, 0) is 0 Å². The van der Waals surface area contributed by atoms with Gasteiger partial charge >= 0.3 is 5.69 Å². The van der Waals surface area contributed by atoms with Crippen molar-refractivity contribution in [2.24, 2.45) is 0 Å². The standard InChI is InChI=1S/C13H18N4O3/c18-10-6-9(16-12(20)17-10)11(19)15-8-2-5-14-13(7-8)3-1-4-13/h6,8,14H,1-5,7H2,(H,15,19)(H2,16,17,18,20). The number of hydrogen-bond acceptors (Lipinski definition) is 4. The summed E-state index contributed by atoms with van der Waals surface area (Å²) in [5.74, 6) is -0.394. The third-order valence-electron chi connectivity index (χ3n) is 4.28. The largest absolute Gasteiger partial charge is 0.348 e. The Bertz CT molecular complexity index is 601. The first kappa shape index (κ1) is 13.1. The van der Waals surface area contributed by atoms with E-state index in [-0.39, 0.29) is 17.3 Å². The highest BCUT2D eigenvalue weighted by Crippen LogP contribution is 2.38. The molecule has 2 heterocycles. The molecule has 2 aliphatic rings. The second-order valence-corrected chi connectivity index (χ2v) is 5.73. The van der Waals surface area contributed by atoms with E-state index in [1.807, 2.05) is 4.98 Å². The Morgan fingerprint density at radius 2 is 2.10 bits per heavy atom. The predicted octanol–water partition coefficient (Wildman–Crippen LogP) is -0.532. The van der Waals surface area contributed by atoms with Crippen LogP contribution in [0.2, 0.25) is 0 Å². The summed E-state index contributed by atoms with van der Waals surface area (Å²) in [4.78, 5) is 38.8. The fourth-order valence-electron chi connectivity index (χ4n) is 3.12. The van der Waals surface area contributed by atoms with Crippen molar-refractivity contribution in [2.45, 2.75) is 43.7 Å². The molecule has 7 heteroatoms. The molecule has 1 aromatic rings. The lowest BCUT2D eigenvalue weighted by molar-refractivity contribution is 0.0848. The van der Waals surface area contributed by atoms with Crippen LogP contribution < -0.4 is 21.9 Å². The average molecular weight is 278 g/mol. The second kappa shape index (κ2) is 4.90. The van der Waals surface area contributed by atoms with Crippen molar-refractivity contribution in [3.63, 3.8) is 0 Å². The summed E-state index contributed by atoms with van der Waals surface area (Å²) in [6.07, 6.45) is 5.31. The number of rotatable bonds is 2. The zero-order valence-corrected chi connectivity index (χ0v) is 11.1. The van der Waals surface area contributed by atoms with Crippen molar-refractivity contribution in [3.8, 4) is 0 Å². The molecular weight excluding hydrogens is 260 g/mol. The van der Waals surface area contributed by atoms with Crippen LogP contribution in [0, 0.1) is 0 Å². The molecule has 1 aliphatic carbocycles. The Kier molecular flexibility index (Phi) is 3.21. The number of amides is 1. The Morgan fingerprint density at radius 1 is 1.30 bits per heavy atom. The van der Waals surface area contributed by atoms with Gasteiger partial charge in [-0.1, -0.05) is 0 Å². The van der Waals surface area contributed by atoms with Gasteiger partial charge in [0.05, 0.1) is 0 Å². The fraction of sp³-hybridized carbons (Fsp3) is 0.615. The van der Waals surface area contributed by atoms with Crippen LogP contribution in [0.5, 0.6) is 0 Å². The van der Waals surface area contributed by atoms with E-state index in [0.29, 0.717) is 0 Å². The van der Waals surface area contributed by atoms with Gasteiger partial charge in [-0.3, -0.25) is 14.6 Å². The van der Waals surface area contributed by atoms with E-state index < -0.39 is 17.2 Å². The third-order valence-corrected chi connectivity index (χ3v) is 4.28. The number of aromatic amines is 2. The SMILES string of the molecule is O=C(NC1CCNC2(CCC2)C1)c1cc(=O)[nH]c(=O)[nH]1. The summed E-state index contributed by atoms with van der Waals surface area (Å²) in [6, 6.07) is 1.20. The molecule has 1 amide bonds. The van der Waals surface area contributed by atoms with Gasteiger partial charge in [-0.25, -0.2) is 4.79 Å². The molecule has 7 nitrogen and oxygen atoms in total. The van der Waals surface area contributed by atoms with Crippen molar-refractivity contribution in [1.29, 1.82) is 0 Å².